The summed E-state index contributed by atoms with van der Waals surface area (Å²) in [6, 6.07) is 3.56. The molecule has 0 unspecified atom stereocenters. The maximum atomic E-state index is 12.1. The highest BCUT2D eigenvalue weighted by atomic mass is 16.2. The van der Waals surface area contributed by atoms with Crippen molar-refractivity contribution in [1.29, 1.82) is 0 Å². The molecule has 0 bridgehead atoms. The van der Waals surface area contributed by atoms with E-state index in [-0.39, 0.29) is 11.4 Å². The number of pyridine rings is 1. The van der Waals surface area contributed by atoms with Crippen LogP contribution in [-0.2, 0) is 0 Å². The van der Waals surface area contributed by atoms with Gasteiger partial charge in [-0.3, -0.25) is 9.78 Å². The van der Waals surface area contributed by atoms with Gasteiger partial charge in [0.25, 0.3) is 5.91 Å². The van der Waals surface area contributed by atoms with Gasteiger partial charge in [0.05, 0.1) is 5.54 Å². The number of nitrogens with zero attached hydrogens (tertiary/aromatic N) is 2. The molecular formula is C13H19N3O. The first-order valence-electron chi connectivity index (χ1n) is 5.93. The highest BCUT2D eigenvalue weighted by Gasteiger charge is 2.44. The van der Waals surface area contributed by atoms with Crippen molar-refractivity contribution in [3.8, 4) is 0 Å². The lowest BCUT2D eigenvalue weighted by Crippen LogP contribution is -2.71. The molecule has 1 saturated heterocycles. The fourth-order valence-corrected chi connectivity index (χ4v) is 2.03. The van der Waals surface area contributed by atoms with Crippen LogP contribution in [0.1, 0.15) is 29.9 Å². The van der Waals surface area contributed by atoms with Crippen molar-refractivity contribution in [3.05, 3.63) is 29.6 Å². The standard InChI is InChI=1S/C13H19N3O/c1-9(2)13(14)7-16(8-13)12(17)11-4-5-15-10(3)6-11/h4-6,9H,7-8,14H2,1-3H3. The number of likely N-dealkylation sites (tertiary alicyclic amines) is 1. The maximum absolute atomic E-state index is 12.1. The van der Waals surface area contributed by atoms with Gasteiger partial charge in [-0.1, -0.05) is 13.8 Å². The average Bonchev–Trinajstić information content (AvgIpc) is 2.23. The predicted octanol–water partition coefficient (Wildman–Crippen LogP) is 1.20. The first-order valence-corrected chi connectivity index (χ1v) is 5.93. The van der Waals surface area contributed by atoms with Gasteiger partial charge in [-0.15, -0.1) is 0 Å². The first kappa shape index (κ1) is 12.0. The largest absolute Gasteiger partial charge is 0.335 e. The van der Waals surface area contributed by atoms with Gasteiger partial charge in [0.15, 0.2) is 0 Å². The average molecular weight is 233 g/mol. The summed E-state index contributed by atoms with van der Waals surface area (Å²) in [5.41, 5.74) is 7.52. The maximum Gasteiger partial charge on any atom is 0.254 e. The van der Waals surface area contributed by atoms with Gasteiger partial charge in [-0.25, -0.2) is 0 Å². The molecule has 17 heavy (non-hydrogen) atoms. The first-order chi connectivity index (χ1) is 7.92. The van der Waals surface area contributed by atoms with Crippen LogP contribution in [0.15, 0.2) is 18.3 Å². The number of amides is 1. The molecule has 0 radical (unpaired) electrons. The fraction of sp³-hybridized carbons (Fsp3) is 0.538. The van der Waals surface area contributed by atoms with E-state index in [4.69, 9.17) is 5.73 Å². The Hall–Kier alpha value is -1.42. The van der Waals surface area contributed by atoms with E-state index in [1.54, 1.807) is 17.2 Å². The molecule has 2 heterocycles. The Morgan fingerprint density at radius 1 is 1.53 bits per heavy atom. The molecule has 92 valence electrons. The molecule has 1 aromatic heterocycles. The molecular weight excluding hydrogens is 214 g/mol. The molecule has 0 saturated carbocycles. The second kappa shape index (κ2) is 4.11. The summed E-state index contributed by atoms with van der Waals surface area (Å²) in [4.78, 5) is 18.0. The third kappa shape index (κ3) is 2.17. The van der Waals surface area contributed by atoms with Gasteiger partial charge >= 0.3 is 0 Å². The Kier molecular flexibility index (Phi) is 2.91. The number of aryl methyl sites for hydroxylation is 1. The number of aromatic nitrogens is 1. The van der Waals surface area contributed by atoms with Crippen molar-refractivity contribution < 1.29 is 4.79 Å². The van der Waals surface area contributed by atoms with Crippen molar-refractivity contribution in [2.45, 2.75) is 26.3 Å². The van der Waals surface area contributed by atoms with E-state index < -0.39 is 0 Å². The second-order valence-corrected chi connectivity index (χ2v) is 5.23. The molecule has 0 aliphatic carbocycles. The van der Waals surface area contributed by atoms with Crippen LogP contribution in [0.5, 0.6) is 0 Å². The summed E-state index contributed by atoms with van der Waals surface area (Å²) in [6.07, 6.45) is 1.67. The molecule has 1 aliphatic rings. The highest BCUT2D eigenvalue weighted by Crippen LogP contribution is 2.27. The van der Waals surface area contributed by atoms with E-state index in [1.807, 2.05) is 13.0 Å². The molecule has 2 N–H and O–H groups in total. The zero-order valence-corrected chi connectivity index (χ0v) is 10.6. The number of rotatable bonds is 2. The lowest BCUT2D eigenvalue weighted by Gasteiger charge is -2.50. The van der Waals surface area contributed by atoms with Gasteiger partial charge in [0, 0.05) is 30.5 Å². The Morgan fingerprint density at radius 2 is 2.18 bits per heavy atom. The number of hydrogen-bond acceptors (Lipinski definition) is 3. The lowest BCUT2D eigenvalue weighted by atomic mass is 9.80. The Morgan fingerprint density at radius 3 is 2.71 bits per heavy atom. The summed E-state index contributed by atoms with van der Waals surface area (Å²) < 4.78 is 0. The minimum atomic E-state index is -0.211. The van der Waals surface area contributed by atoms with E-state index in [9.17, 15) is 4.79 Å². The third-order valence-electron chi connectivity index (χ3n) is 3.55. The summed E-state index contributed by atoms with van der Waals surface area (Å²) >= 11 is 0. The fourth-order valence-electron chi connectivity index (χ4n) is 2.03. The Labute approximate surface area is 102 Å². The molecule has 0 spiro atoms. The molecule has 2 rings (SSSR count). The molecule has 1 amide bonds. The molecule has 0 aromatic carbocycles. The quantitative estimate of drug-likeness (QED) is 0.835. The number of carbonyl (C=O) groups is 1. The van der Waals surface area contributed by atoms with Crippen LogP contribution in [0.25, 0.3) is 0 Å². The summed E-state index contributed by atoms with van der Waals surface area (Å²) in [6.45, 7) is 7.36. The SMILES string of the molecule is Cc1cc(C(=O)N2CC(N)(C(C)C)C2)ccn1. The molecule has 0 atom stereocenters. The normalized spacial score (nSPS) is 18.1. The lowest BCUT2D eigenvalue weighted by molar-refractivity contribution is 0.0275. The second-order valence-electron chi connectivity index (χ2n) is 5.23. The number of carbonyl (C=O) groups excluding carboxylic acids is 1. The van der Waals surface area contributed by atoms with E-state index >= 15 is 0 Å². The summed E-state index contributed by atoms with van der Waals surface area (Å²) in [5, 5.41) is 0. The van der Waals surface area contributed by atoms with Gasteiger partial charge in [0.1, 0.15) is 0 Å². The smallest absolute Gasteiger partial charge is 0.254 e. The molecule has 4 nitrogen and oxygen atoms in total. The Bertz CT molecular complexity index is 436. The molecule has 4 heteroatoms. The minimum Gasteiger partial charge on any atom is -0.335 e. The minimum absolute atomic E-state index is 0.0530. The van der Waals surface area contributed by atoms with E-state index in [1.165, 1.54) is 0 Å². The third-order valence-corrected chi connectivity index (χ3v) is 3.55. The summed E-state index contributed by atoms with van der Waals surface area (Å²) in [7, 11) is 0. The molecule has 1 aromatic rings. The van der Waals surface area contributed by atoms with E-state index in [2.05, 4.69) is 18.8 Å². The summed E-state index contributed by atoms with van der Waals surface area (Å²) in [5.74, 6) is 0.447. The number of nitrogens with two attached hydrogens (primary N) is 1. The zero-order valence-electron chi connectivity index (χ0n) is 10.6. The topological polar surface area (TPSA) is 59.2 Å². The van der Waals surface area contributed by atoms with Crippen LogP contribution in [0.3, 0.4) is 0 Å². The molecule has 1 aliphatic heterocycles. The van der Waals surface area contributed by atoms with Crippen LogP contribution in [0.4, 0.5) is 0 Å². The van der Waals surface area contributed by atoms with Gasteiger partial charge in [-0.05, 0) is 25.0 Å². The van der Waals surface area contributed by atoms with Crippen LogP contribution >= 0.6 is 0 Å². The number of hydrogen-bond donors (Lipinski definition) is 1. The van der Waals surface area contributed by atoms with E-state index in [0.29, 0.717) is 24.6 Å². The van der Waals surface area contributed by atoms with Crippen molar-refractivity contribution in [2.75, 3.05) is 13.1 Å². The van der Waals surface area contributed by atoms with Crippen molar-refractivity contribution in [1.82, 2.24) is 9.88 Å². The van der Waals surface area contributed by atoms with Gasteiger partial charge in [0.2, 0.25) is 0 Å². The Balaban J connectivity index is 2.05. The van der Waals surface area contributed by atoms with Gasteiger partial charge in [-0.2, -0.15) is 0 Å². The monoisotopic (exact) mass is 233 g/mol. The van der Waals surface area contributed by atoms with Crippen molar-refractivity contribution >= 4 is 5.91 Å². The van der Waals surface area contributed by atoms with Crippen molar-refractivity contribution in [3.63, 3.8) is 0 Å². The predicted molar refractivity (Wildman–Crippen MR) is 66.6 cm³/mol. The van der Waals surface area contributed by atoms with Gasteiger partial charge < -0.3 is 10.6 Å². The van der Waals surface area contributed by atoms with E-state index in [0.717, 1.165) is 5.69 Å². The zero-order chi connectivity index (χ0) is 12.6. The van der Waals surface area contributed by atoms with Crippen molar-refractivity contribution in [2.24, 2.45) is 11.7 Å². The highest BCUT2D eigenvalue weighted by molar-refractivity contribution is 5.95. The van der Waals surface area contributed by atoms with Crippen LogP contribution in [0.2, 0.25) is 0 Å². The van der Waals surface area contributed by atoms with Crippen LogP contribution < -0.4 is 5.73 Å². The van der Waals surface area contributed by atoms with Crippen LogP contribution in [0, 0.1) is 12.8 Å². The van der Waals surface area contributed by atoms with Crippen LogP contribution in [-0.4, -0.2) is 34.4 Å². The molecule has 1 fully saturated rings.